The largest absolute Gasteiger partial charge is 0.414 e. The van der Waals surface area contributed by atoms with Gasteiger partial charge in [0.1, 0.15) is 11.6 Å². The van der Waals surface area contributed by atoms with Crippen molar-refractivity contribution in [2.45, 2.75) is 19.8 Å². The number of aliphatic imine (C=N–C) groups is 1. The van der Waals surface area contributed by atoms with Gasteiger partial charge in [0.25, 0.3) is 5.91 Å². The number of rotatable bonds is 4. The maximum atomic E-state index is 13.9. The van der Waals surface area contributed by atoms with Crippen LogP contribution in [0.3, 0.4) is 0 Å². The van der Waals surface area contributed by atoms with Crippen LogP contribution < -0.4 is 4.74 Å². The zero-order chi connectivity index (χ0) is 22.8. The quantitative estimate of drug-likeness (QED) is 0.486. The molecule has 3 rings (SSSR count). The number of ether oxygens (including phenoxy) is 1. The van der Waals surface area contributed by atoms with E-state index in [0.717, 1.165) is 24.6 Å². The highest BCUT2D eigenvalue weighted by molar-refractivity contribution is 8.18. The van der Waals surface area contributed by atoms with Crippen LogP contribution in [-0.2, 0) is 9.36 Å². The summed E-state index contributed by atoms with van der Waals surface area (Å²) in [6, 6.07) is 3.74. The van der Waals surface area contributed by atoms with E-state index in [1.54, 1.807) is 37.1 Å². The van der Waals surface area contributed by atoms with E-state index < -0.39 is 25.1 Å². The molecule has 0 N–H and O–H groups in total. The lowest BCUT2D eigenvalue weighted by Gasteiger charge is -2.41. The number of carbonyl (C=O) groups excluding carboxylic acids is 2. The van der Waals surface area contributed by atoms with Crippen molar-refractivity contribution in [3.8, 4) is 5.75 Å². The Labute approximate surface area is 185 Å². The van der Waals surface area contributed by atoms with Crippen molar-refractivity contribution >= 4 is 42.3 Å². The smallest absolute Gasteiger partial charge is 0.410 e. The molecule has 0 aromatic heterocycles. The highest BCUT2D eigenvalue weighted by Gasteiger charge is 2.35. The first-order valence-corrected chi connectivity index (χ1v) is 13.3. The second-order valence-electron chi connectivity index (χ2n) is 7.59. The lowest BCUT2D eigenvalue weighted by Crippen LogP contribution is -2.46. The number of hydrazine groups is 1. The van der Waals surface area contributed by atoms with Crippen LogP contribution >= 0.6 is 19.1 Å². The summed E-state index contributed by atoms with van der Waals surface area (Å²) in [4.78, 5) is 30.5. The Morgan fingerprint density at radius 1 is 1.35 bits per heavy atom. The van der Waals surface area contributed by atoms with Gasteiger partial charge in [-0.1, -0.05) is 0 Å². The number of hydrogen-bond donors (Lipinski definition) is 0. The van der Waals surface area contributed by atoms with E-state index in [0.29, 0.717) is 24.8 Å². The molecule has 1 saturated heterocycles. The van der Waals surface area contributed by atoms with Crippen LogP contribution in [0.2, 0.25) is 0 Å². The molecule has 0 spiro atoms. The first-order chi connectivity index (χ1) is 14.6. The Morgan fingerprint density at radius 2 is 2.06 bits per heavy atom. The van der Waals surface area contributed by atoms with Crippen molar-refractivity contribution in [2.24, 2.45) is 4.99 Å². The van der Waals surface area contributed by atoms with Gasteiger partial charge in [-0.25, -0.2) is 9.18 Å². The number of carbonyl (C=O) groups is 2. The third-order valence-electron chi connectivity index (χ3n) is 4.88. The van der Waals surface area contributed by atoms with Gasteiger partial charge in [-0.15, -0.1) is 0 Å². The van der Waals surface area contributed by atoms with Gasteiger partial charge in [-0.2, -0.15) is 9.77 Å². The van der Waals surface area contributed by atoms with E-state index in [9.17, 15) is 18.5 Å². The predicted molar refractivity (Wildman–Crippen MR) is 121 cm³/mol. The SMILES string of the molecule is CCN(C)C(=O)Oc1ccc(F)cc1/C=C1\SC(N2CCCCN2P(C)(C)=O)=NC1=O. The maximum absolute atomic E-state index is 13.9. The number of halogens is 1. The summed E-state index contributed by atoms with van der Waals surface area (Å²) in [6.07, 6.45) is 2.70. The molecule has 8 nitrogen and oxygen atoms in total. The molecule has 2 aliphatic heterocycles. The molecule has 2 heterocycles. The fourth-order valence-electron chi connectivity index (χ4n) is 3.12. The fraction of sp³-hybridized carbons (Fsp3) is 0.450. The third-order valence-corrected chi connectivity index (χ3v) is 7.41. The van der Waals surface area contributed by atoms with Gasteiger partial charge in [-0.3, -0.25) is 9.80 Å². The molecule has 1 aromatic carbocycles. The van der Waals surface area contributed by atoms with E-state index in [2.05, 4.69) is 4.99 Å². The average molecular weight is 468 g/mol. The molecular weight excluding hydrogens is 442 g/mol. The maximum Gasteiger partial charge on any atom is 0.414 e. The Balaban J connectivity index is 1.86. The number of amides is 2. The molecule has 168 valence electrons. The van der Waals surface area contributed by atoms with Crippen molar-refractivity contribution in [1.82, 2.24) is 14.7 Å². The molecule has 0 bridgehead atoms. The van der Waals surface area contributed by atoms with Crippen LogP contribution in [-0.4, -0.2) is 71.9 Å². The lowest BCUT2D eigenvalue weighted by molar-refractivity contribution is -0.113. The molecule has 2 amide bonds. The Bertz CT molecular complexity index is 993. The summed E-state index contributed by atoms with van der Waals surface area (Å²) >= 11 is 1.14. The minimum Gasteiger partial charge on any atom is -0.410 e. The van der Waals surface area contributed by atoms with E-state index >= 15 is 0 Å². The van der Waals surface area contributed by atoms with E-state index in [4.69, 9.17) is 4.74 Å². The minimum absolute atomic E-state index is 0.146. The van der Waals surface area contributed by atoms with Crippen LogP contribution in [0.5, 0.6) is 5.75 Å². The number of amidine groups is 1. The van der Waals surface area contributed by atoms with Gasteiger partial charge in [0.15, 0.2) is 12.5 Å². The highest BCUT2D eigenvalue weighted by Crippen LogP contribution is 2.46. The van der Waals surface area contributed by atoms with E-state index in [-0.39, 0.29) is 16.2 Å². The van der Waals surface area contributed by atoms with Crippen molar-refractivity contribution in [3.63, 3.8) is 0 Å². The summed E-state index contributed by atoms with van der Waals surface area (Å²) in [6.45, 7) is 6.87. The minimum atomic E-state index is -2.58. The van der Waals surface area contributed by atoms with E-state index in [1.165, 1.54) is 29.2 Å². The van der Waals surface area contributed by atoms with Gasteiger partial charge in [0, 0.05) is 45.6 Å². The van der Waals surface area contributed by atoms with Crippen LogP contribution in [0.4, 0.5) is 9.18 Å². The van der Waals surface area contributed by atoms with Crippen LogP contribution in [0.15, 0.2) is 28.1 Å². The molecule has 0 aliphatic carbocycles. The standard InChI is InChI=1S/C20H26FN4O4PS/c1-5-23(2)20(27)29-16-9-8-15(21)12-14(16)13-17-18(26)22-19(31-17)24-10-6-7-11-25(24)30(3,4)28/h8-9,12-13H,5-7,10-11H2,1-4H3/b17-13-. The van der Waals surface area contributed by atoms with Crippen molar-refractivity contribution in [1.29, 1.82) is 0 Å². The zero-order valence-electron chi connectivity index (χ0n) is 18.0. The number of thioether (sulfide) groups is 1. The highest BCUT2D eigenvalue weighted by atomic mass is 32.2. The number of hydrogen-bond acceptors (Lipinski definition) is 6. The predicted octanol–water partition coefficient (Wildman–Crippen LogP) is 4.10. The summed E-state index contributed by atoms with van der Waals surface area (Å²) in [5, 5.41) is 2.25. The summed E-state index contributed by atoms with van der Waals surface area (Å²) in [5.41, 5.74) is 0.261. The van der Waals surface area contributed by atoms with Gasteiger partial charge in [-0.05, 0) is 55.8 Å². The zero-order valence-corrected chi connectivity index (χ0v) is 19.7. The molecule has 1 fully saturated rings. The van der Waals surface area contributed by atoms with Gasteiger partial charge >= 0.3 is 6.09 Å². The Kier molecular flexibility index (Phi) is 7.24. The summed E-state index contributed by atoms with van der Waals surface area (Å²) in [7, 11) is -0.988. The topological polar surface area (TPSA) is 82.5 Å². The Morgan fingerprint density at radius 3 is 2.74 bits per heavy atom. The number of nitrogens with zero attached hydrogens (tertiary/aromatic N) is 4. The third kappa shape index (κ3) is 5.56. The number of benzene rings is 1. The van der Waals surface area contributed by atoms with Gasteiger partial charge in [0.2, 0.25) is 0 Å². The van der Waals surface area contributed by atoms with Crippen molar-refractivity contribution in [2.75, 3.05) is 40.0 Å². The normalized spacial score (nSPS) is 19.0. The molecule has 0 saturated carbocycles. The Hall–Kier alpha value is -2.16. The second-order valence-corrected chi connectivity index (χ2v) is 11.7. The van der Waals surface area contributed by atoms with Crippen molar-refractivity contribution in [3.05, 3.63) is 34.5 Å². The molecular formula is C20H26FN4O4PS. The average Bonchev–Trinajstić information content (AvgIpc) is 3.09. The van der Waals surface area contributed by atoms with Crippen LogP contribution in [0.1, 0.15) is 25.3 Å². The van der Waals surface area contributed by atoms with Crippen LogP contribution in [0.25, 0.3) is 6.08 Å². The summed E-state index contributed by atoms with van der Waals surface area (Å²) < 4.78 is 33.7. The molecule has 2 aliphatic rings. The molecule has 11 heteroatoms. The monoisotopic (exact) mass is 468 g/mol. The molecule has 0 radical (unpaired) electrons. The fourth-order valence-corrected chi connectivity index (χ4v) is 5.44. The first kappa shape index (κ1) is 23.5. The summed E-state index contributed by atoms with van der Waals surface area (Å²) in [5.74, 6) is -0.848. The second kappa shape index (κ2) is 9.54. The molecule has 0 unspecified atom stereocenters. The molecule has 31 heavy (non-hydrogen) atoms. The van der Waals surface area contributed by atoms with Crippen LogP contribution in [0, 0.1) is 5.82 Å². The molecule has 0 atom stereocenters. The van der Waals surface area contributed by atoms with Crippen molar-refractivity contribution < 1.29 is 23.3 Å². The lowest BCUT2D eigenvalue weighted by atomic mass is 10.2. The van der Waals surface area contributed by atoms with E-state index in [1.807, 2.05) is 0 Å². The van der Waals surface area contributed by atoms with Gasteiger partial charge < -0.3 is 14.2 Å². The van der Waals surface area contributed by atoms with Gasteiger partial charge in [0.05, 0.1) is 4.91 Å². The molecule has 1 aromatic rings. The first-order valence-electron chi connectivity index (χ1n) is 9.95.